The smallest absolute Gasteiger partial charge is 0.344 e. The number of nitrogens with zero attached hydrogens (tertiary/aromatic N) is 3. The van der Waals surface area contributed by atoms with Gasteiger partial charge in [0.25, 0.3) is 0 Å². The fourth-order valence-electron chi connectivity index (χ4n) is 2.67. The Hall–Kier alpha value is -2.91. The molecule has 0 radical (unpaired) electrons. The maximum absolute atomic E-state index is 11.6. The monoisotopic (exact) mass is 538 g/mol. The molecular formula is C21H23IN4O5. The summed E-state index contributed by atoms with van der Waals surface area (Å²) in [6.07, 6.45) is 1.57. The largest absolute Gasteiger partial charge is 0.493 e. The van der Waals surface area contributed by atoms with Crippen LogP contribution < -0.4 is 14.9 Å². The SMILES string of the molecule is CCOC(=O)COc1c(I)cc(C=NNc2nc(C)cc(COC)c2C#N)cc1OC. The van der Waals surface area contributed by atoms with Crippen molar-refractivity contribution in [1.82, 2.24) is 4.98 Å². The Morgan fingerprint density at radius 3 is 2.77 bits per heavy atom. The van der Waals surface area contributed by atoms with Crippen LogP contribution in [0.15, 0.2) is 23.3 Å². The number of pyridine rings is 1. The second-order valence-electron chi connectivity index (χ2n) is 6.19. The maximum atomic E-state index is 11.6. The number of nitrogens with one attached hydrogen (secondary N) is 1. The molecular weight excluding hydrogens is 515 g/mol. The van der Waals surface area contributed by atoms with Crippen LogP contribution >= 0.6 is 22.6 Å². The summed E-state index contributed by atoms with van der Waals surface area (Å²) in [5.74, 6) is 0.785. The normalized spacial score (nSPS) is 10.6. The highest BCUT2D eigenvalue weighted by Crippen LogP contribution is 2.33. The lowest BCUT2D eigenvalue weighted by Gasteiger charge is -2.13. The number of benzene rings is 1. The third-order valence-electron chi connectivity index (χ3n) is 3.92. The predicted molar refractivity (Wildman–Crippen MR) is 123 cm³/mol. The van der Waals surface area contributed by atoms with Gasteiger partial charge in [0.05, 0.1) is 30.1 Å². The molecule has 164 valence electrons. The van der Waals surface area contributed by atoms with Crippen molar-refractivity contribution in [2.24, 2.45) is 5.10 Å². The quantitative estimate of drug-likeness (QED) is 0.212. The van der Waals surface area contributed by atoms with Crippen LogP contribution in [0.3, 0.4) is 0 Å². The topological polar surface area (TPSA) is 115 Å². The van der Waals surface area contributed by atoms with Crippen molar-refractivity contribution in [3.63, 3.8) is 0 Å². The van der Waals surface area contributed by atoms with Gasteiger partial charge in [-0.3, -0.25) is 5.43 Å². The number of anilines is 1. The summed E-state index contributed by atoms with van der Waals surface area (Å²) < 4.78 is 21.7. The van der Waals surface area contributed by atoms with Crippen molar-refractivity contribution in [3.8, 4) is 17.6 Å². The van der Waals surface area contributed by atoms with Gasteiger partial charge in [-0.1, -0.05) is 0 Å². The zero-order valence-corrected chi connectivity index (χ0v) is 19.8. The Bertz CT molecular complexity index is 1000. The number of hydrazone groups is 1. The van der Waals surface area contributed by atoms with E-state index in [9.17, 15) is 10.1 Å². The first-order valence-electron chi connectivity index (χ1n) is 9.28. The zero-order valence-electron chi connectivity index (χ0n) is 17.7. The fourth-order valence-corrected chi connectivity index (χ4v) is 3.45. The molecule has 0 aliphatic carbocycles. The van der Waals surface area contributed by atoms with Crippen molar-refractivity contribution in [2.45, 2.75) is 20.5 Å². The third-order valence-corrected chi connectivity index (χ3v) is 4.72. The second-order valence-corrected chi connectivity index (χ2v) is 7.35. The van der Waals surface area contributed by atoms with Crippen molar-refractivity contribution in [1.29, 1.82) is 5.26 Å². The number of aryl methyl sites for hydroxylation is 1. The minimum absolute atomic E-state index is 0.213. The molecule has 1 N–H and O–H groups in total. The molecule has 0 saturated heterocycles. The average molecular weight is 538 g/mol. The number of rotatable bonds is 10. The number of carbonyl (C=O) groups is 1. The predicted octanol–water partition coefficient (Wildman–Crippen LogP) is 3.41. The fraction of sp³-hybridized carbons (Fsp3) is 0.333. The lowest BCUT2D eigenvalue weighted by Crippen LogP contribution is -2.15. The highest BCUT2D eigenvalue weighted by Gasteiger charge is 2.14. The summed E-state index contributed by atoms with van der Waals surface area (Å²) in [5, 5.41) is 13.7. The van der Waals surface area contributed by atoms with Gasteiger partial charge in [-0.05, 0) is 60.2 Å². The molecule has 0 spiro atoms. The Morgan fingerprint density at radius 1 is 1.35 bits per heavy atom. The molecule has 31 heavy (non-hydrogen) atoms. The molecule has 0 saturated carbocycles. The number of methoxy groups -OCH3 is 2. The lowest BCUT2D eigenvalue weighted by molar-refractivity contribution is -0.145. The van der Waals surface area contributed by atoms with E-state index in [0.717, 1.165) is 20.4 Å². The molecule has 2 aromatic rings. The van der Waals surface area contributed by atoms with E-state index in [1.54, 1.807) is 32.4 Å². The number of esters is 1. The molecule has 0 amide bonds. The molecule has 1 heterocycles. The number of carbonyl (C=O) groups excluding carboxylic acids is 1. The Balaban J connectivity index is 2.21. The summed E-state index contributed by atoms with van der Waals surface area (Å²) in [6, 6.07) is 7.48. The zero-order chi connectivity index (χ0) is 22.8. The molecule has 0 aliphatic rings. The standard InChI is InChI=1S/C21H23IN4O5/c1-5-30-19(27)12-31-20-17(22)7-14(8-18(20)29-4)10-24-26-21-16(9-23)15(11-28-3)6-13(2)25-21/h6-8,10H,5,11-12H2,1-4H3,(H,25,26). The minimum Gasteiger partial charge on any atom is -0.493 e. The van der Waals surface area contributed by atoms with Crippen molar-refractivity contribution < 1.29 is 23.7 Å². The van der Waals surface area contributed by atoms with Crippen molar-refractivity contribution in [3.05, 3.63) is 44.2 Å². The Morgan fingerprint density at radius 2 is 2.13 bits per heavy atom. The van der Waals surface area contributed by atoms with Crippen molar-refractivity contribution >= 4 is 40.6 Å². The average Bonchev–Trinajstić information content (AvgIpc) is 2.73. The number of aromatic nitrogens is 1. The molecule has 1 aromatic heterocycles. The van der Waals surface area contributed by atoms with E-state index in [1.807, 2.05) is 13.0 Å². The first-order chi connectivity index (χ1) is 14.9. The summed E-state index contributed by atoms with van der Waals surface area (Å²) in [7, 11) is 3.08. The first-order valence-corrected chi connectivity index (χ1v) is 10.4. The maximum Gasteiger partial charge on any atom is 0.344 e. The summed E-state index contributed by atoms with van der Waals surface area (Å²) in [5.41, 5.74) is 5.39. The molecule has 0 fully saturated rings. The van der Waals surface area contributed by atoms with Gasteiger partial charge in [0.2, 0.25) is 0 Å². The van der Waals surface area contributed by atoms with Gasteiger partial charge >= 0.3 is 5.97 Å². The summed E-state index contributed by atoms with van der Waals surface area (Å²) >= 11 is 2.09. The van der Waals surface area contributed by atoms with E-state index in [2.05, 4.69) is 44.2 Å². The van der Waals surface area contributed by atoms with Gasteiger partial charge < -0.3 is 18.9 Å². The first kappa shape index (κ1) is 24.4. The minimum atomic E-state index is -0.456. The van der Waals surface area contributed by atoms with Crippen molar-refractivity contribution in [2.75, 3.05) is 32.9 Å². The number of hydrogen-bond donors (Lipinski definition) is 1. The molecule has 2 rings (SSSR count). The van der Waals surface area contributed by atoms with Gasteiger partial charge in [-0.2, -0.15) is 10.4 Å². The molecule has 9 nitrogen and oxygen atoms in total. The summed E-state index contributed by atoms with van der Waals surface area (Å²) in [6.45, 7) is 3.93. The van der Waals surface area contributed by atoms with Crippen LogP contribution in [0.4, 0.5) is 5.82 Å². The summed E-state index contributed by atoms with van der Waals surface area (Å²) in [4.78, 5) is 15.9. The van der Waals surface area contributed by atoms with Gasteiger partial charge in [-0.25, -0.2) is 9.78 Å². The number of halogens is 1. The van der Waals surface area contributed by atoms with Gasteiger partial charge in [0, 0.05) is 18.4 Å². The molecule has 0 atom stereocenters. The van der Waals surface area contributed by atoms with E-state index in [4.69, 9.17) is 18.9 Å². The Labute approximate surface area is 194 Å². The van der Waals surface area contributed by atoms with E-state index >= 15 is 0 Å². The second kappa shape index (κ2) is 12.1. The van der Waals surface area contributed by atoms with Crippen LogP contribution in [-0.4, -0.2) is 44.6 Å². The van der Waals surface area contributed by atoms with E-state index < -0.39 is 5.97 Å². The number of ether oxygens (including phenoxy) is 4. The van der Waals surface area contributed by atoms with E-state index in [1.165, 1.54) is 7.11 Å². The molecule has 10 heteroatoms. The highest BCUT2D eigenvalue weighted by atomic mass is 127. The van der Waals surface area contributed by atoms with Gasteiger partial charge in [-0.15, -0.1) is 0 Å². The van der Waals surface area contributed by atoms with Crippen LogP contribution in [0.5, 0.6) is 11.5 Å². The van der Waals surface area contributed by atoms with Crippen LogP contribution in [-0.2, 0) is 20.9 Å². The number of nitriles is 1. The molecule has 1 aromatic carbocycles. The van der Waals surface area contributed by atoms with E-state index in [0.29, 0.717) is 29.5 Å². The van der Waals surface area contributed by atoms with Crippen LogP contribution in [0, 0.1) is 21.8 Å². The van der Waals surface area contributed by atoms with Crippen LogP contribution in [0.25, 0.3) is 0 Å². The van der Waals surface area contributed by atoms with Gasteiger partial charge in [0.1, 0.15) is 11.6 Å². The van der Waals surface area contributed by atoms with Crippen LogP contribution in [0.2, 0.25) is 0 Å². The highest BCUT2D eigenvalue weighted by molar-refractivity contribution is 14.1. The molecule has 0 unspecified atom stereocenters. The lowest BCUT2D eigenvalue weighted by atomic mass is 10.1. The third kappa shape index (κ3) is 6.80. The molecule has 0 bridgehead atoms. The van der Waals surface area contributed by atoms with Crippen LogP contribution in [0.1, 0.15) is 29.3 Å². The van der Waals surface area contributed by atoms with Gasteiger partial charge in [0.15, 0.2) is 23.9 Å². The Kier molecular flexibility index (Phi) is 9.48. The number of hydrogen-bond acceptors (Lipinski definition) is 9. The van der Waals surface area contributed by atoms with E-state index in [-0.39, 0.29) is 13.2 Å². The molecule has 0 aliphatic heterocycles.